The summed E-state index contributed by atoms with van der Waals surface area (Å²) in [7, 11) is 0. The van der Waals surface area contributed by atoms with Gasteiger partial charge in [-0.1, -0.05) is 24.3 Å². The van der Waals surface area contributed by atoms with E-state index in [4.69, 9.17) is 22.0 Å². The normalized spacial score (nSPS) is 18.2. The summed E-state index contributed by atoms with van der Waals surface area (Å²) in [5.74, 6) is 5.38. The highest BCUT2D eigenvalue weighted by Gasteiger charge is 2.18. The predicted octanol–water partition coefficient (Wildman–Crippen LogP) is 1.50. The van der Waals surface area contributed by atoms with Crippen molar-refractivity contribution in [3.05, 3.63) is 41.2 Å². The lowest BCUT2D eigenvalue weighted by molar-refractivity contribution is -0.0140. The van der Waals surface area contributed by atoms with Crippen molar-refractivity contribution in [2.75, 3.05) is 32.8 Å². The number of hydrogen-bond acceptors (Lipinski definition) is 4. The molecule has 0 aromatic heterocycles. The van der Waals surface area contributed by atoms with E-state index in [1.165, 1.54) is 0 Å². The second kappa shape index (κ2) is 6.47. The van der Waals surface area contributed by atoms with Gasteiger partial charge < -0.3 is 4.74 Å². The summed E-state index contributed by atoms with van der Waals surface area (Å²) < 4.78 is 5.30. The molecule has 1 unspecified atom stereocenters. The largest absolute Gasteiger partial charge is 0.379 e. The SMILES string of the molecule is [C-]#[N+]c1cccc(C(CN2CCOCC2)ON)c1. The first-order valence-electron chi connectivity index (χ1n) is 5.96. The molecule has 0 bridgehead atoms. The van der Waals surface area contributed by atoms with E-state index in [9.17, 15) is 0 Å². The minimum Gasteiger partial charge on any atom is -0.379 e. The Morgan fingerprint density at radius 3 is 2.89 bits per heavy atom. The molecule has 18 heavy (non-hydrogen) atoms. The molecule has 96 valence electrons. The number of ether oxygens (including phenoxy) is 1. The van der Waals surface area contributed by atoms with Gasteiger partial charge in [-0.3, -0.25) is 9.74 Å². The van der Waals surface area contributed by atoms with Crippen LogP contribution in [0.3, 0.4) is 0 Å². The quantitative estimate of drug-likeness (QED) is 0.647. The number of benzene rings is 1. The van der Waals surface area contributed by atoms with Gasteiger partial charge in [-0.2, -0.15) is 0 Å². The first kappa shape index (κ1) is 13.0. The average molecular weight is 247 g/mol. The highest BCUT2D eigenvalue weighted by Crippen LogP contribution is 2.22. The number of morpholine rings is 1. The molecule has 0 spiro atoms. The van der Waals surface area contributed by atoms with Crippen LogP contribution in [0.15, 0.2) is 24.3 Å². The second-order valence-electron chi connectivity index (χ2n) is 4.24. The Morgan fingerprint density at radius 2 is 2.22 bits per heavy atom. The molecule has 1 aliphatic heterocycles. The summed E-state index contributed by atoms with van der Waals surface area (Å²) in [6, 6.07) is 7.39. The molecule has 1 aromatic carbocycles. The minimum absolute atomic E-state index is 0.204. The van der Waals surface area contributed by atoms with E-state index in [-0.39, 0.29) is 6.10 Å². The molecule has 0 amide bonds. The van der Waals surface area contributed by atoms with Gasteiger partial charge in [-0.05, 0) is 5.56 Å². The van der Waals surface area contributed by atoms with Crippen molar-refractivity contribution in [3.8, 4) is 0 Å². The van der Waals surface area contributed by atoms with Crippen molar-refractivity contribution in [2.45, 2.75) is 6.10 Å². The molecule has 0 radical (unpaired) electrons. The van der Waals surface area contributed by atoms with Crippen molar-refractivity contribution in [3.63, 3.8) is 0 Å². The van der Waals surface area contributed by atoms with Gasteiger partial charge in [0.15, 0.2) is 5.69 Å². The standard InChI is InChI=1S/C13H17N3O2/c1-15-12-4-2-3-11(9-12)13(18-14)10-16-5-7-17-8-6-16/h2-4,9,13H,5-8,10,14H2. The molecule has 5 nitrogen and oxygen atoms in total. The summed E-state index contributed by atoms with van der Waals surface area (Å²) in [4.78, 5) is 10.7. The fourth-order valence-corrected chi connectivity index (χ4v) is 2.04. The van der Waals surface area contributed by atoms with Crippen LogP contribution in [-0.4, -0.2) is 37.7 Å². The third kappa shape index (κ3) is 3.28. The fourth-order valence-electron chi connectivity index (χ4n) is 2.04. The molecule has 1 heterocycles. The Kier molecular flexibility index (Phi) is 4.67. The zero-order valence-corrected chi connectivity index (χ0v) is 10.2. The number of hydrogen-bond donors (Lipinski definition) is 1. The molecule has 0 aliphatic carbocycles. The van der Waals surface area contributed by atoms with E-state index < -0.39 is 0 Å². The minimum atomic E-state index is -0.204. The van der Waals surface area contributed by atoms with Crippen molar-refractivity contribution in [1.82, 2.24) is 4.90 Å². The van der Waals surface area contributed by atoms with Crippen LogP contribution in [0.4, 0.5) is 5.69 Å². The van der Waals surface area contributed by atoms with E-state index in [1.54, 1.807) is 6.07 Å². The lowest BCUT2D eigenvalue weighted by Gasteiger charge is -2.29. The van der Waals surface area contributed by atoms with Crippen LogP contribution >= 0.6 is 0 Å². The maximum atomic E-state index is 7.02. The van der Waals surface area contributed by atoms with Crippen LogP contribution < -0.4 is 5.90 Å². The molecule has 2 rings (SSSR count). The molecule has 0 saturated carbocycles. The Labute approximate surface area is 107 Å². The summed E-state index contributed by atoms with van der Waals surface area (Å²) in [5.41, 5.74) is 1.55. The van der Waals surface area contributed by atoms with Crippen molar-refractivity contribution >= 4 is 5.69 Å². The number of nitrogens with zero attached hydrogens (tertiary/aromatic N) is 2. The molecular formula is C13H17N3O2. The van der Waals surface area contributed by atoms with E-state index >= 15 is 0 Å². The molecule has 5 heteroatoms. The first-order valence-corrected chi connectivity index (χ1v) is 5.96. The molecule has 1 saturated heterocycles. The van der Waals surface area contributed by atoms with Crippen LogP contribution in [-0.2, 0) is 9.57 Å². The maximum absolute atomic E-state index is 7.02. The zero-order valence-electron chi connectivity index (χ0n) is 10.2. The molecule has 2 N–H and O–H groups in total. The van der Waals surface area contributed by atoms with E-state index in [0.29, 0.717) is 5.69 Å². The predicted molar refractivity (Wildman–Crippen MR) is 68.0 cm³/mol. The smallest absolute Gasteiger partial charge is 0.187 e. The van der Waals surface area contributed by atoms with E-state index in [2.05, 4.69) is 9.74 Å². The van der Waals surface area contributed by atoms with Gasteiger partial charge >= 0.3 is 0 Å². The summed E-state index contributed by atoms with van der Waals surface area (Å²) >= 11 is 0. The third-order valence-corrected chi connectivity index (χ3v) is 3.06. The number of nitrogens with two attached hydrogens (primary N) is 1. The molecule has 1 fully saturated rings. The van der Waals surface area contributed by atoms with Crippen LogP contribution in [0, 0.1) is 6.57 Å². The molecule has 1 aliphatic rings. The first-order chi connectivity index (χ1) is 8.83. The Balaban J connectivity index is 2.05. The van der Waals surface area contributed by atoms with Crippen LogP contribution in [0.5, 0.6) is 0 Å². The lowest BCUT2D eigenvalue weighted by atomic mass is 10.1. The third-order valence-electron chi connectivity index (χ3n) is 3.06. The van der Waals surface area contributed by atoms with E-state index in [1.807, 2.05) is 18.2 Å². The van der Waals surface area contributed by atoms with Gasteiger partial charge in [0, 0.05) is 19.6 Å². The van der Waals surface area contributed by atoms with Crippen LogP contribution in [0.1, 0.15) is 11.7 Å². The van der Waals surface area contributed by atoms with Crippen molar-refractivity contribution < 1.29 is 9.57 Å². The average Bonchev–Trinajstić information content (AvgIpc) is 2.46. The zero-order chi connectivity index (χ0) is 12.8. The Hall–Kier alpha value is -1.45. The molecule has 1 atom stereocenters. The summed E-state index contributed by atoms with van der Waals surface area (Å²) in [5, 5.41) is 0. The summed E-state index contributed by atoms with van der Waals surface area (Å²) in [6.07, 6.45) is -0.204. The lowest BCUT2D eigenvalue weighted by Crippen LogP contribution is -2.39. The highest BCUT2D eigenvalue weighted by molar-refractivity contribution is 5.47. The van der Waals surface area contributed by atoms with Crippen molar-refractivity contribution in [1.29, 1.82) is 0 Å². The van der Waals surface area contributed by atoms with Crippen molar-refractivity contribution in [2.24, 2.45) is 5.90 Å². The molecule has 1 aromatic rings. The van der Waals surface area contributed by atoms with Gasteiger partial charge in [0.25, 0.3) is 0 Å². The maximum Gasteiger partial charge on any atom is 0.187 e. The number of rotatable bonds is 4. The van der Waals surface area contributed by atoms with Gasteiger partial charge in [-0.15, -0.1) is 0 Å². The molecular weight excluding hydrogens is 230 g/mol. The van der Waals surface area contributed by atoms with Gasteiger partial charge in [0.1, 0.15) is 6.10 Å². The van der Waals surface area contributed by atoms with Gasteiger partial charge in [0.05, 0.1) is 19.8 Å². The Bertz CT molecular complexity index is 424. The summed E-state index contributed by atoms with van der Waals surface area (Å²) in [6.45, 7) is 11.0. The van der Waals surface area contributed by atoms with Crippen LogP contribution in [0.25, 0.3) is 4.85 Å². The second-order valence-corrected chi connectivity index (χ2v) is 4.24. The topological polar surface area (TPSA) is 52.1 Å². The van der Waals surface area contributed by atoms with Gasteiger partial charge in [-0.25, -0.2) is 10.7 Å². The van der Waals surface area contributed by atoms with Crippen LogP contribution in [0.2, 0.25) is 0 Å². The Morgan fingerprint density at radius 1 is 1.44 bits per heavy atom. The highest BCUT2D eigenvalue weighted by atomic mass is 16.6. The van der Waals surface area contributed by atoms with Gasteiger partial charge in [0.2, 0.25) is 0 Å². The van der Waals surface area contributed by atoms with E-state index in [0.717, 1.165) is 38.4 Å². The monoisotopic (exact) mass is 247 g/mol. The fraction of sp³-hybridized carbons (Fsp3) is 0.462.